The number of nitro groups is 1. The third kappa shape index (κ3) is 4.47. The number of hydrogen-bond donors (Lipinski definition) is 1. The van der Waals surface area contributed by atoms with E-state index in [0.717, 1.165) is 0 Å². The van der Waals surface area contributed by atoms with Crippen LogP contribution < -0.4 is 5.32 Å². The third-order valence-electron chi connectivity index (χ3n) is 5.71. The summed E-state index contributed by atoms with van der Waals surface area (Å²) in [4.78, 5) is 42.4. The third-order valence-corrected chi connectivity index (χ3v) is 6.81. The van der Waals surface area contributed by atoms with Crippen LogP contribution in [0, 0.1) is 10.1 Å². The number of esters is 2. The number of carbonyl (C=O) groups is 2. The summed E-state index contributed by atoms with van der Waals surface area (Å²) < 4.78 is 12.9. The van der Waals surface area contributed by atoms with E-state index in [1.165, 1.54) is 23.5 Å². The molecule has 1 aliphatic rings. The van der Waals surface area contributed by atoms with Crippen molar-refractivity contribution in [1.29, 1.82) is 0 Å². The van der Waals surface area contributed by atoms with E-state index < -0.39 is 22.8 Å². The van der Waals surface area contributed by atoms with Gasteiger partial charge in [0, 0.05) is 35.3 Å². The summed E-state index contributed by atoms with van der Waals surface area (Å²) in [5.41, 5.74) is 2.96. The molecule has 36 heavy (non-hydrogen) atoms. The van der Waals surface area contributed by atoms with E-state index >= 15 is 0 Å². The fourth-order valence-electron chi connectivity index (χ4n) is 4.29. The molecule has 1 aliphatic heterocycles. The average Bonchev–Trinajstić information content (AvgIpc) is 3.34. The molecule has 0 spiro atoms. The molecule has 0 aliphatic carbocycles. The number of dihydropyridines is 1. The predicted molar refractivity (Wildman–Crippen MR) is 135 cm³/mol. The van der Waals surface area contributed by atoms with E-state index in [-0.39, 0.29) is 30.0 Å². The van der Waals surface area contributed by atoms with Gasteiger partial charge in [-0.15, -0.1) is 0 Å². The predicted octanol–water partition coefficient (Wildman–Crippen LogP) is 4.99. The molecule has 0 saturated carbocycles. The highest BCUT2D eigenvalue weighted by Crippen LogP contribution is 2.44. The van der Waals surface area contributed by atoms with Gasteiger partial charge in [-0.25, -0.2) is 14.6 Å². The second-order valence-corrected chi connectivity index (χ2v) is 9.55. The first kappa shape index (κ1) is 25.4. The number of nitrogens with zero attached hydrogens (tertiary/aromatic N) is 3. The Morgan fingerprint density at radius 1 is 1.11 bits per heavy atom. The Kier molecular flexibility index (Phi) is 7.14. The monoisotopic (exact) mass is 530 g/mol. The van der Waals surface area contributed by atoms with E-state index in [9.17, 15) is 19.7 Å². The second kappa shape index (κ2) is 10.1. The van der Waals surface area contributed by atoms with Gasteiger partial charge >= 0.3 is 11.9 Å². The van der Waals surface area contributed by atoms with Crippen LogP contribution >= 0.6 is 22.9 Å². The number of nitrogens with one attached hydrogen (secondary N) is 1. The van der Waals surface area contributed by atoms with Crippen LogP contribution in [-0.4, -0.2) is 39.5 Å². The smallest absolute Gasteiger partial charge is 0.336 e. The van der Waals surface area contributed by atoms with Gasteiger partial charge in [0.2, 0.25) is 0 Å². The quantitative estimate of drug-likeness (QED) is 0.257. The molecule has 0 fully saturated rings. The van der Waals surface area contributed by atoms with Crippen LogP contribution in [-0.2, 0) is 19.1 Å². The molecule has 0 atom stereocenters. The number of carbonyl (C=O) groups excluding carboxylic acids is 2. The Morgan fingerprint density at radius 2 is 1.67 bits per heavy atom. The lowest BCUT2D eigenvalue weighted by Crippen LogP contribution is -2.33. The number of halogens is 1. The van der Waals surface area contributed by atoms with Crippen LogP contribution in [0.3, 0.4) is 0 Å². The minimum atomic E-state index is -0.907. The number of benzene rings is 1. The maximum atomic E-state index is 13.2. The molecule has 0 unspecified atom stereocenters. The molecule has 188 valence electrons. The highest BCUT2D eigenvalue weighted by molar-refractivity contribution is 7.20. The summed E-state index contributed by atoms with van der Waals surface area (Å²) in [6.45, 7) is 7.14. The van der Waals surface area contributed by atoms with Crippen LogP contribution in [0.5, 0.6) is 0 Å². The lowest BCUT2D eigenvalue weighted by atomic mass is 9.81. The molecule has 4 rings (SSSR count). The summed E-state index contributed by atoms with van der Waals surface area (Å²) in [5, 5.41) is 14.3. The summed E-state index contributed by atoms with van der Waals surface area (Å²) in [6, 6.07) is 5.92. The van der Waals surface area contributed by atoms with Gasteiger partial charge in [-0.3, -0.25) is 14.5 Å². The van der Waals surface area contributed by atoms with Gasteiger partial charge in [-0.05, 0) is 39.8 Å². The molecule has 0 bridgehead atoms. The standard InChI is InChI=1S/C24H23ClN4O6S/c1-5-34-22(30)17-12(3)26-13(4)18(23(31)35-6-2)19(17)21-20(27-24-28(21)11-16(25)36-24)14-7-9-15(10-8-14)29(32)33/h7-11,19,26H,5-6H2,1-4H3. The number of fused-ring (bicyclic) bond motifs is 1. The van der Waals surface area contributed by atoms with Crippen LogP contribution in [0.2, 0.25) is 4.34 Å². The summed E-state index contributed by atoms with van der Waals surface area (Å²) in [5.74, 6) is -2.09. The number of allylic oxidation sites excluding steroid dienone is 2. The molecule has 10 nitrogen and oxygen atoms in total. The van der Waals surface area contributed by atoms with Gasteiger partial charge in [0.15, 0.2) is 4.96 Å². The summed E-state index contributed by atoms with van der Waals surface area (Å²) in [6.07, 6.45) is 1.66. The first-order valence-corrected chi connectivity index (χ1v) is 12.3. The Morgan fingerprint density at radius 3 is 2.17 bits per heavy atom. The van der Waals surface area contributed by atoms with E-state index in [1.54, 1.807) is 50.4 Å². The number of aromatic nitrogens is 2. The lowest BCUT2D eigenvalue weighted by molar-refractivity contribution is -0.384. The van der Waals surface area contributed by atoms with E-state index in [1.807, 2.05) is 0 Å². The fourth-order valence-corrected chi connectivity index (χ4v) is 5.31. The zero-order chi connectivity index (χ0) is 26.1. The van der Waals surface area contributed by atoms with Crippen molar-refractivity contribution in [2.24, 2.45) is 0 Å². The first-order chi connectivity index (χ1) is 17.2. The second-order valence-electron chi connectivity index (χ2n) is 7.91. The molecule has 12 heteroatoms. The van der Waals surface area contributed by atoms with E-state index in [2.05, 4.69) is 5.32 Å². The van der Waals surface area contributed by atoms with Crippen molar-refractivity contribution >= 4 is 45.5 Å². The number of rotatable bonds is 7. The Hall–Kier alpha value is -3.70. The SMILES string of the molecule is CCOC(=O)C1=C(C)NC(C)=C(C(=O)OCC)C1c1c(-c2ccc([N+](=O)[O-])cc2)nc2sc(Cl)cn12. The van der Waals surface area contributed by atoms with Crippen LogP contribution in [0.25, 0.3) is 16.2 Å². The van der Waals surface area contributed by atoms with Gasteiger partial charge in [-0.1, -0.05) is 22.9 Å². The molecule has 3 heterocycles. The molecule has 0 saturated heterocycles. The maximum Gasteiger partial charge on any atom is 0.336 e. The average molecular weight is 531 g/mol. The van der Waals surface area contributed by atoms with Crippen molar-refractivity contribution in [2.75, 3.05) is 13.2 Å². The number of non-ortho nitro benzene ring substituents is 1. The van der Waals surface area contributed by atoms with Crippen molar-refractivity contribution in [3.63, 3.8) is 0 Å². The van der Waals surface area contributed by atoms with Crippen LogP contribution in [0.15, 0.2) is 53.0 Å². The van der Waals surface area contributed by atoms with Gasteiger partial charge in [-0.2, -0.15) is 0 Å². The zero-order valence-electron chi connectivity index (χ0n) is 20.0. The van der Waals surface area contributed by atoms with E-state index in [4.69, 9.17) is 26.1 Å². The molecular weight excluding hydrogens is 508 g/mol. The van der Waals surface area contributed by atoms with Crippen LogP contribution in [0.1, 0.15) is 39.3 Å². The molecule has 1 aromatic carbocycles. The first-order valence-electron chi connectivity index (χ1n) is 11.1. The lowest BCUT2D eigenvalue weighted by Gasteiger charge is -2.30. The topological polar surface area (TPSA) is 125 Å². The molecular formula is C24H23ClN4O6S. The number of nitro benzene ring substituents is 1. The Balaban J connectivity index is 2.04. The highest BCUT2D eigenvalue weighted by Gasteiger charge is 2.41. The molecule has 0 radical (unpaired) electrons. The summed E-state index contributed by atoms with van der Waals surface area (Å²) >= 11 is 7.53. The minimum Gasteiger partial charge on any atom is -0.463 e. The Bertz CT molecular complexity index is 1400. The number of imidazole rings is 1. The normalized spacial score (nSPS) is 14.2. The fraction of sp³-hybridized carbons (Fsp3) is 0.292. The molecule has 0 amide bonds. The van der Waals surface area contributed by atoms with Gasteiger partial charge in [0.05, 0.1) is 46.6 Å². The molecule has 2 aromatic heterocycles. The van der Waals surface area contributed by atoms with E-state index in [0.29, 0.717) is 37.6 Å². The molecule has 3 aromatic rings. The van der Waals surface area contributed by atoms with Crippen molar-refractivity contribution in [3.8, 4) is 11.3 Å². The number of hydrogen-bond acceptors (Lipinski definition) is 9. The largest absolute Gasteiger partial charge is 0.463 e. The Labute approximate surface area is 215 Å². The number of thiazole rings is 1. The van der Waals surface area contributed by atoms with Gasteiger partial charge in [0.1, 0.15) is 4.34 Å². The maximum absolute atomic E-state index is 13.2. The van der Waals surface area contributed by atoms with Crippen molar-refractivity contribution in [1.82, 2.24) is 14.7 Å². The summed E-state index contributed by atoms with van der Waals surface area (Å²) in [7, 11) is 0. The molecule has 1 N–H and O–H groups in total. The number of ether oxygens (including phenoxy) is 2. The van der Waals surface area contributed by atoms with Gasteiger partial charge in [0.25, 0.3) is 5.69 Å². The minimum absolute atomic E-state index is 0.0721. The van der Waals surface area contributed by atoms with Crippen molar-refractivity contribution < 1.29 is 24.0 Å². The van der Waals surface area contributed by atoms with Crippen LogP contribution in [0.4, 0.5) is 5.69 Å². The highest BCUT2D eigenvalue weighted by atomic mass is 35.5. The van der Waals surface area contributed by atoms with Crippen molar-refractivity contribution in [2.45, 2.75) is 33.6 Å². The van der Waals surface area contributed by atoms with Crippen molar-refractivity contribution in [3.05, 3.63) is 73.1 Å². The zero-order valence-corrected chi connectivity index (χ0v) is 21.5. The van der Waals surface area contributed by atoms with Gasteiger partial charge < -0.3 is 14.8 Å².